The summed E-state index contributed by atoms with van der Waals surface area (Å²) in [7, 11) is -3.95. The van der Waals surface area contributed by atoms with E-state index in [1.165, 1.54) is 30.3 Å². The van der Waals surface area contributed by atoms with Crippen LogP contribution in [0.15, 0.2) is 51.8 Å². The maximum Gasteiger partial charge on any atom is 0.338 e. The molecule has 3 rings (SSSR count). The molecule has 0 saturated carbocycles. The molecule has 1 saturated heterocycles. The molecule has 1 aliphatic heterocycles. The van der Waals surface area contributed by atoms with Crippen molar-refractivity contribution in [3.8, 4) is 5.75 Å². The highest BCUT2D eigenvalue weighted by Gasteiger charge is 2.26. The average Bonchev–Trinajstić information content (AvgIpc) is 2.78. The second kappa shape index (κ2) is 11.2. The first-order chi connectivity index (χ1) is 16.1. The van der Waals surface area contributed by atoms with Crippen LogP contribution in [-0.4, -0.2) is 63.7 Å². The summed E-state index contributed by atoms with van der Waals surface area (Å²) >= 11 is 3.27. The summed E-state index contributed by atoms with van der Waals surface area (Å²) < 4.78 is 45.0. The smallest absolute Gasteiger partial charge is 0.338 e. The molecule has 2 aromatic rings. The quantitative estimate of drug-likeness (QED) is 0.497. The third-order valence-electron chi connectivity index (χ3n) is 4.97. The molecule has 1 aliphatic rings. The number of hydrogen-bond acceptors (Lipinski definition) is 7. The molecule has 1 fully saturated rings. The summed E-state index contributed by atoms with van der Waals surface area (Å²) in [5.74, 6) is -0.742. The molecule has 2 atom stereocenters. The van der Waals surface area contributed by atoms with Crippen LogP contribution in [0, 0.1) is 0 Å². The number of amides is 1. The number of nitrogens with one attached hydrogen (secondary N) is 1. The van der Waals surface area contributed by atoms with Crippen molar-refractivity contribution in [3.05, 3.63) is 52.5 Å². The highest BCUT2D eigenvalue weighted by atomic mass is 79.9. The third-order valence-corrected chi connectivity index (χ3v) is 6.86. The molecule has 184 valence electrons. The van der Waals surface area contributed by atoms with Crippen molar-refractivity contribution in [3.63, 3.8) is 0 Å². The lowest BCUT2D eigenvalue weighted by molar-refractivity contribution is -0.146. The molecular weight excluding hydrogens is 528 g/mol. The van der Waals surface area contributed by atoms with Crippen LogP contribution in [0.25, 0.3) is 0 Å². The fourth-order valence-electron chi connectivity index (χ4n) is 3.53. The molecule has 9 nitrogen and oxygen atoms in total. The highest BCUT2D eigenvalue weighted by molar-refractivity contribution is 9.10. The molecule has 0 radical (unpaired) electrons. The molecule has 34 heavy (non-hydrogen) atoms. The van der Waals surface area contributed by atoms with Crippen molar-refractivity contribution in [2.45, 2.75) is 37.9 Å². The van der Waals surface area contributed by atoms with Gasteiger partial charge in [0.15, 0.2) is 6.61 Å². The number of benzene rings is 2. The number of morpholine rings is 1. The van der Waals surface area contributed by atoms with Crippen molar-refractivity contribution in [2.24, 2.45) is 0 Å². The second-order valence-electron chi connectivity index (χ2n) is 7.84. The van der Waals surface area contributed by atoms with Gasteiger partial charge in [-0.1, -0.05) is 15.9 Å². The van der Waals surface area contributed by atoms with E-state index in [0.717, 1.165) is 0 Å². The van der Waals surface area contributed by atoms with Crippen LogP contribution in [0.5, 0.6) is 5.75 Å². The summed E-state index contributed by atoms with van der Waals surface area (Å²) in [5.41, 5.74) is 0.447. The van der Waals surface area contributed by atoms with E-state index in [2.05, 4.69) is 20.7 Å². The van der Waals surface area contributed by atoms with Gasteiger partial charge in [0.25, 0.3) is 15.9 Å². The lowest BCUT2D eigenvalue weighted by Crippen LogP contribution is -2.49. The van der Waals surface area contributed by atoms with Crippen molar-refractivity contribution in [1.82, 2.24) is 4.90 Å². The van der Waals surface area contributed by atoms with E-state index in [4.69, 9.17) is 14.2 Å². The Hall–Kier alpha value is -2.63. The van der Waals surface area contributed by atoms with Crippen LogP contribution < -0.4 is 9.46 Å². The van der Waals surface area contributed by atoms with Crippen molar-refractivity contribution < 1.29 is 32.2 Å². The molecule has 0 aliphatic carbocycles. The summed E-state index contributed by atoms with van der Waals surface area (Å²) in [6, 6.07) is 10.4. The minimum atomic E-state index is -3.95. The van der Waals surface area contributed by atoms with Crippen LogP contribution in [0.2, 0.25) is 0 Å². The van der Waals surface area contributed by atoms with E-state index in [1.807, 2.05) is 13.8 Å². The second-order valence-corrected chi connectivity index (χ2v) is 10.4. The van der Waals surface area contributed by atoms with Crippen LogP contribution in [0.1, 0.15) is 31.1 Å². The Morgan fingerprint density at radius 3 is 2.38 bits per heavy atom. The number of carbonyl (C=O) groups excluding carboxylic acids is 2. The van der Waals surface area contributed by atoms with Gasteiger partial charge in [-0.2, -0.15) is 0 Å². The molecule has 11 heteroatoms. The molecule has 0 bridgehead atoms. The fourth-order valence-corrected chi connectivity index (χ4v) is 5.28. The molecule has 0 spiro atoms. The van der Waals surface area contributed by atoms with Gasteiger partial charge < -0.3 is 19.1 Å². The number of halogens is 1. The Bertz CT molecular complexity index is 1130. The molecule has 1 heterocycles. The number of nitrogens with zero attached hydrogens (tertiary/aromatic N) is 1. The summed E-state index contributed by atoms with van der Waals surface area (Å²) in [6.45, 7) is 6.34. The number of ether oxygens (including phenoxy) is 3. The molecular formula is C23H27BrN2O7S. The van der Waals surface area contributed by atoms with Gasteiger partial charge in [0.2, 0.25) is 0 Å². The van der Waals surface area contributed by atoms with E-state index in [-0.39, 0.29) is 46.6 Å². The minimum absolute atomic E-state index is 0.0162. The maximum atomic E-state index is 12.9. The van der Waals surface area contributed by atoms with Crippen LogP contribution in [0.4, 0.5) is 5.69 Å². The largest absolute Gasteiger partial charge is 0.492 e. The van der Waals surface area contributed by atoms with Crippen molar-refractivity contribution in [2.75, 3.05) is 31.0 Å². The first-order valence-electron chi connectivity index (χ1n) is 10.7. The Kier molecular flexibility index (Phi) is 8.56. The van der Waals surface area contributed by atoms with Crippen LogP contribution in [-0.2, 0) is 24.3 Å². The lowest BCUT2D eigenvalue weighted by atomic mass is 10.2. The van der Waals surface area contributed by atoms with Gasteiger partial charge in [0, 0.05) is 23.2 Å². The van der Waals surface area contributed by atoms with Gasteiger partial charge in [-0.05, 0) is 63.2 Å². The number of hydrogen-bond donors (Lipinski definition) is 1. The Morgan fingerprint density at radius 2 is 1.76 bits per heavy atom. The highest BCUT2D eigenvalue weighted by Crippen LogP contribution is 2.29. The molecule has 2 aromatic carbocycles. The minimum Gasteiger partial charge on any atom is -0.492 e. The number of rotatable bonds is 8. The zero-order valence-corrected chi connectivity index (χ0v) is 21.5. The maximum absolute atomic E-state index is 12.9. The van der Waals surface area contributed by atoms with E-state index in [9.17, 15) is 18.0 Å². The first kappa shape index (κ1) is 26.0. The number of esters is 1. The van der Waals surface area contributed by atoms with Crippen molar-refractivity contribution in [1.29, 1.82) is 0 Å². The molecule has 1 amide bonds. The van der Waals surface area contributed by atoms with E-state index >= 15 is 0 Å². The van der Waals surface area contributed by atoms with E-state index in [0.29, 0.717) is 24.2 Å². The average molecular weight is 555 g/mol. The predicted molar refractivity (Wildman–Crippen MR) is 129 cm³/mol. The van der Waals surface area contributed by atoms with Crippen LogP contribution in [0.3, 0.4) is 0 Å². The summed E-state index contributed by atoms with van der Waals surface area (Å²) in [6.07, 6.45) is -0.164. The normalized spacial score (nSPS) is 18.3. The number of sulfonamides is 1. The van der Waals surface area contributed by atoms with Crippen molar-refractivity contribution >= 4 is 43.5 Å². The predicted octanol–water partition coefficient (Wildman–Crippen LogP) is 3.44. The van der Waals surface area contributed by atoms with Gasteiger partial charge in [0.05, 0.1) is 24.4 Å². The third kappa shape index (κ3) is 6.71. The Balaban J connectivity index is 1.62. The van der Waals surface area contributed by atoms with E-state index in [1.54, 1.807) is 24.0 Å². The number of carbonyl (C=O) groups is 2. The topological polar surface area (TPSA) is 111 Å². The van der Waals surface area contributed by atoms with Crippen LogP contribution >= 0.6 is 15.9 Å². The monoisotopic (exact) mass is 554 g/mol. The van der Waals surface area contributed by atoms with Gasteiger partial charge in [0.1, 0.15) is 10.6 Å². The summed E-state index contributed by atoms with van der Waals surface area (Å²) in [5, 5.41) is 0. The first-order valence-corrected chi connectivity index (χ1v) is 13.0. The zero-order valence-electron chi connectivity index (χ0n) is 19.1. The Labute approximate surface area is 207 Å². The SMILES string of the molecule is CCOc1ccc(Br)cc1S(=O)(=O)Nc1ccc(C(=O)OCC(=O)N2C[C@@H](C)O[C@H](C)C2)cc1. The van der Waals surface area contributed by atoms with Gasteiger partial charge in [-0.3, -0.25) is 9.52 Å². The summed E-state index contributed by atoms with van der Waals surface area (Å²) in [4.78, 5) is 26.3. The van der Waals surface area contributed by atoms with Gasteiger partial charge in [-0.25, -0.2) is 13.2 Å². The molecule has 0 unspecified atom stereocenters. The lowest BCUT2D eigenvalue weighted by Gasteiger charge is -2.35. The Morgan fingerprint density at radius 1 is 1.12 bits per heavy atom. The molecule has 1 N–H and O–H groups in total. The fraction of sp³-hybridized carbons (Fsp3) is 0.391. The van der Waals surface area contributed by atoms with Gasteiger partial charge in [-0.15, -0.1) is 0 Å². The van der Waals surface area contributed by atoms with E-state index < -0.39 is 16.0 Å². The molecule has 0 aromatic heterocycles. The standard InChI is InChI=1S/C23H27BrN2O7S/c1-4-31-20-10-7-18(24)11-21(20)34(29,30)25-19-8-5-17(6-9-19)23(28)32-14-22(27)26-12-15(2)33-16(3)13-26/h5-11,15-16,25H,4,12-14H2,1-3H3/t15-,16-/m1/s1. The van der Waals surface area contributed by atoms with Gasteiger partial charge >= 0.3 is 5.97 Å². The zero-order chi connectivity index (χ0) is 24.9. The number of anilines is 1.